The molecule has 1 rings (SSSR count). The van der Waals surface area contributed by atoms with Gasteiger partial charge in [0.15, 0.2) is 0 Å². The highest BCUT2D eigenvalue weighted by molar-refractivity contribution is 6.37. The zero-order valence-electron chi connectivity index (χ0n) is 5.41. The number of nitrogens with one attached hydrogen (secondary N) is 1. The summed E-state index contributed by atoms with van der Waals surface area (Å²) in [6.45, 7) is 2.56. The van der Waals surface area contributed by atoms with E-state index in [1.807, 2.05) is 6.92 Å². The number of hydrogen-bond acceptors (Lipinski definition) is 1. The van der Waals surface area contributed by atoms with E-state index in [-0.39, 0.29) is 5.91 Å². The molecule has 1 amide bonds. The Hall–Kier alpha value is -0.240. The summed E-state index contributed by atoms with van der Waals surface area (Å²) >= 11 is 5.76. The maximum Gasteiger partial charge on any atom is 0.241 e. The number of rotatable bonds is 2. The third kappa shape index (κ3) is 1.36. The fraction of sp³-hybridized carbons (Fsp3) is 0.833. The van der Waals surface area contributed by atoms with Crippen molar-refractivity contribution < 1.29 is 4.79 Å². The Kier molecular flexibility index (Phi) is 1.66. The maximum absolute atomic E-state index is 10.9. The minimum Gasteiger partial charge on any atom is -0.355 e. The lowest BCUT2D eigenvalue weighted by atomic mass is 10.4. The molecule has 0 aromatic carbocycles. The average Bonchev–Trinajstić information content (AvgIpc) is 2.50. The van der Waals surface area contributed by atoms with E-state index < -0.39 is 4.87 Å². The van der Waals surface area contributed by atoms with Gasteiger partial charge < -0.3 is 5.32 Å². The second-order valence-corrected chi connectivity index (χ2v) is 3.05. The second-order valence-electron chi connectivity index (χ2n) is 2.32. The minimum atomic E-state index is -0.518. The van der Waals surface area contributed by atoms with Crippen molar-refractivity contribution in [3.63, 3.8) is 0 Å². The summed E-state index contributed by atoms with van der Waals surface area (Å²) in [5, 5.41) is 2.68. The number of hydrogen-bond donors (Lipinski definition) is 1. The van der Waals surface area contributed by atoms with Crippen molar-refractivity contribution in [2.24, 2.45) is 0 Å². The van der Waals surface area contributed by atoms with Crippen molar-refractivity contribution in [3.8, 4) is 0 Å². The largest absolute Gasteiger partial charge is 0.355 e. The van der Waals surface area contributed by atoms with Crippen LogP contribution in [0.1, 0.15) is 19.8 Å². The van der Waals surface area contributed by atoms with Gasteiger partial charge in [0.25, 0.3) is 0 Å². The van der Waals surface area contributed by atoms with Crippen LogP contribution in [0.25, 0.3) is 0 Å². The molecule has 0 radical (unpaired) electrons. The zero-order valence-corrected chi connectivity index (χ0v) is 6.16. The Balaban J connectivity index is 2.34. The van der Waals surface area contributed by atoms with Crippen LogP contribution in [0, 0.1) is 0 Å². The standard InChI is InChI=1S/C6H10ClNO/c1-2-8-5(9)6(7)3-4-6/h2-4H2,1H3,(H,8,9). The highest BCUT2D eigenvalue weighted by Crippen LogP contribution is 2.42. The molecule has 1 fully saturated rings. The lowest BCUT2D eigenvalue weighted by Crippen LogP contribution is -2.32. The van der Waals surface area contributed by atoms with E-state index in [4.69, 9.17) is 11.6 Å². The van der Waals surface area contributed by atoms with Crippen LogP contribution in [0.4, 0.5) is 0 Å². The van der Waals surface area contributed by atoms with E-state index in [1.165, 1.54) is 0 Å². The van der Waals surface area contributed by atoms with Crippen LogP contribution in [-0.2, 0) is 4.79 Å². The number of halogens is 1. The predicted molar refractivity (Wildman–Crippen MR) is 36.5 cm³/mol. The summed E-state index contributed by atoms with van der Waals surface area (Å²) in [5.41, 5.74) is 0. The normalized spacial score (nSPS) is 21.1. The molecule has 2 nitrogen and oxygen atoms in total. The van der Waals surface area contributed by atoms with Gasteiger partial charge in [-0.05, 0) is 19.8 Å². The molecule has 0 saturated heterocycles. The molecule has 3 heteroatoms. The molecule has 0 heterocycles. The smallest absolute Gasteiger partial charge is 0.241 e. The van der Waals surface area contributed by atoms with Crippen LogP contribution in [-0.4, -0.2) is 17.3 Å². The van der Waals surface area contributed by atoms with E-state index in [2.05, 4.69) is 5.32 Å². The first-order valence-electron chi connectivity index (χ1n) is 3.16. The van der Waals surface area contributed by atoms with Crippen molar-refractivity contribution in [3.05, 3.63) is 0 Å². The van der Waals surface area contributed by atoms with Gasteiger partial charge in [-0.2, -0.15) is 0 Å². The number of carbonyl (C=O) groups excluding carboxylic acids is 1. The summed E-state index contributed by atoms with van der Waals surface area (Å²) < 4.78 is 0. The number of amides is 1. The van der Waals surface area contributed by atoms with Crippen molar-refractivity contribution in [1.29, 1.82) is 0 Å². The molecule has 1 aliphatic rings. The molecular formula is C6H10ClNO. The van der Waals surface area contributed by atoms with Crippen molar-refractivity contribution in [1.82, 2.24) is 5.32 Å². The quantitative estimate of drug-likeness (QED) is 0.578. The molecular weight excluding hydrogens is 138 g/mol. The SMILES string of the molecule is CCNC(=O)C1(Cl)CC1. The molecule has 0 aromatic rings. The van der Waals surface area contributed by atoms with Gasteiger partial charge in [0.1, 0.15) is 4.87 Å². The Morgan fingerprint density at radius 1 is 1.78 bits per heavy atom. The van der Waals surface area contributed by atoms with Gasteiger partial charge >= 0.3 is 0 Å². The van der Waals surface area contributed by atoms with Gasteiger partial charge in [-0.25, -0.2) is 0 Å². The average molecular weight is 148 g/mol. The maximum atomic E-state index is 10.9. The lowest BCUT2D eigenvalue weighted by molar-refractivity contribution is -0.121. The second kappa shape index (κ2) is 2.18. The molecule has 0 atom stereocenters. The van der Waals surface area contributed by atoms with E-state index >= 15 is 0 Å². The molecule has 52 valence electrons. The monoisotopic (exact) mass is 147 g/mol. The summed E-state index contributed by atoms with van der Waals surface area (Å²) in [5.74, 6) is -0.00772. The molecule has 0 bridgehead atoms. The predicted octanol–water partition coefficient (Wildman–Crippen LogP) is 0.894. The first-order chi connectivity index (χ1) is 4.19. The minimum absolute atomic E-state index is 0.00772. The Morgan fingerprint density at radius 3 is 2.67 bits per heavy atom. The summed E-state index contributed by atoms with van der Waals surface area (Å²) in [6.07, 6.45) is 1.67. The van der Waals surface area contributed by atoms with Gasteiger partial charge in [0.05, 0.1) is 0 Å². The zero-order chi connectivity index (χ0) is 6.91. The van der Waals surface area contributed by atoms with Crippen molar-refractivity contribution >= 4 is 17.5 Å². The van der Waals surface area contributed by atoms with Crippen LogP contribution in [0.5, 0.6) is 0 Å². The van der Waals surface area contributed by atoms with Crippen LogP contribution in [0.15, 0.2) is 0 Å². The van der Waals surface area contributed by atoms with E-state index in [0.29, 0.717) is 6.54 Å². The van der Waals surface area contributed by atoms with Crippen LogP contribution < -0.4 is 5.32 Å². The molecule has 9 heavy (non-hydrogen) atoms. The fourth-order valence-corrected chi connectivity index (χ4v) is 0.817. The summed E-state index contributed by atoms with van der Waals surface area (Å²) in [6, 6.07) is 0. The summed E-state index contributed by atoms with van der Waals surface area (Å²) in [4.78, 5) is 10.4. The van der Waals surface area contributed by atoms with Gasteiger partial charge in [0, 0.05) is 6.54 Å². The molecule has 0 unspecified atom stereocenters. The molecule has 1 saturated carbocycles. The summed E-state index contributed by atoms with van der Waals surface area (Å²) in [7, 11) is 0. The first-order valence-corrected chi connectivity index (χ1v) is 3.54. The molecule has 0 spiro atoms. The van der Waals surface area contributed by atoms with Crippen LogP contribution in [0.3, 0.4) is 0 Å². The third-order valence-electron chi connectivity index (χ3n) is 1.43. The first kappa shape index (κ1) is 6.87. The number of alkyl halides is 1. The van der Waals surface area contributed by atoms with E-state index in [0.717, 1.165) is 12.8 Å². The van der Waals surface area contributed by atoms with Crippen LogP contribution in [0.2, 0.25) is 0 Å². The van der Waals surface area contributed by atoms with Gasteiger partial charge in [0.2, 0.25) is 5.91 Å². The number of carbonyl (C=O) groups is 1. The Bertz CT molecular complexity index is 131. The molecule has 0 aliphatic heterocycles. The van der Waals surface area contributed by atoms with Gasteiger partial charge in [-0.1, -0.05) is 0 Å². The fourth-order valence-electron chi connectivity index (χ4n) is 0.656. The molecule has 0 aromatic heterocycles. The Labute approximate surface area is 59.6 Å². The topological polar surface area (TPSA) is 29.1 Å². The van der Waals surface area contributed by atoms with E-state index in [9.17, 15) is 4.79 Å². The van der Waals surface area contributed by atoms with Crippen molar-refractivity contribution in [2.45, 2.75) is 24.6 Å². The van der Waals surface area contributed by atoms with E-state index in [1.54, 1.807) is 0 Å². The lowest BCUT2D eigenvalue weighted by Gasteiger charge is -2.03. The van der Waals surface area contributed by atoms with Gasteiger partial charge in [-0.15, -0.1) is 11.6 Å². The van der Waals surface area contributed by atoms with Crippen molar-refractivity contribution in [2.75, 3.05) is 6.54 Å². The highest BCUT2D eigenvalue weighted by Gasteiger charge is 2.47. The Morgan fingerprint density at radius 2 is 2.33 bits per heavy atom. The highest BCUT2D eigenvalue weighted by atomic mass is 35.5. The van der Waals surface area contributed by atoms with Gasteiger partial charge in [-0.3, -0.25) is 4.79 Å². The third-order valence-corrected chi connectivity index (χ3v) is 1.98. The molecule has 1 N–H and O–H groups in total. The van der Waals surface area contributed by atoms with Crippen LogP contribution >= 0.6 is 11.6 Å². The molecule has 1 aliphatic carbocycles.